The Labute approximate surface area is 117 Å². The van der Waals surface area contributed by atoms with Gasteiger partial charge in [-0.2, -0.15) is 0 Å². The fourth-order valence-corrected chi connectivity index (χ4v) is 4.58. The summed E-state index contributed by atoms with van der Waals surface area (Å²) >= 11 is 3.57. The summed E-state index contributed by atoms with van der Waals surface area (Å²) in [5.74, 6) is 0. The van der Waals surface area contributed by atoms with Crippen molar-refractivity contribution in [3.8, 4) is 0 Å². The number of sulfonamides is 1. The van der Waals surface area contributed by atoms with Crippen molar-refractivity contribution >= 4 is 26.0 Å². The van der Waals surface area contributed by atoms with Crippen LogP contribution in [0.25, 0.3) is 0 Å². The van der Waals surface area contributed by atoms with E-state index >= 15 is 0 Å². The van der Waals surface area contributed by atoms with Crippen LogP contribution in [0.2, 0.25) is 0 Å². The van der Waals surface area contributed by atoms with Crippen molar-refractivity contribution in [1.29, 1.82) is 0 Å². The molecule has 100 valence electrons. The van der Waals surface area contributed by atoms with Crippen LogP contribution < -0.4 is 4.72 Å². The van der Waals surface area contributed by atoms with Crippen molar-refractivity contribution in [2.24, 2.45) is 0 Å². The van der Waals surface area contributed by atoms with Gasteiger partial charge in [-0.05, 0) is 37.5 Å². The van der Waals surface area contributed by atoms with Gasteiger partial charge in [0.15, 0.2) is 0 Å². The highest BCUT2D eigenvalue weighted by atomic mass is 79.9. The van der Waals surface area contributed by atoms with Crippen LogP contribution in [-0.4, -0.2) is 19.3 Å². The number of halogens is 1. The zero-order chi connectivity index (χ0) is 13.2. The van der Waals surface area contributed by atoms with Gasteiger partial charge in [-0.3, -0.25) is 0 Å². The largest absolute Gasteiger partial charge is 0.240 e. The molecule has 0 bridgehead atoms. The zero-order valence-electron chi connectivity index (χ0n) is 10.4. The highest BCUT2D eigenvalue weighted by Gasteiger charge is 2.27. The summed E-state index contributed by atoms with van der Waals surface area (Å²) in [7, 11) is -3.40. The number of nitrogens with one attached hydrogen (secondary N) is 1. The van der Waals surface area contributed by atoms with E-state index in [2.05, 4.69) is 20.7 Å². The molecule has 1 aliphatic carbocycles. The molecular weight excluding hydrogens is 314 g/mol. The summed E-state index contributed by atoms with van der Waals surface area (Å²) in [5.41, 5.74) is 0.955. The SMILES string of the molecule is Cc1cccc(S(=O)(=O)NC2CCCCC2Br)c1. The van der Waals surface area contributed by atoms with Gasteiger partial charge in [-0.1, -0.05) is 40.9 Å². The molecule has 2 unspecified atom stereocenters. The van der Waals surface area contributed by atoms with Crippen molar-refractivity contribution in [1.82, 2.24) is 4.72 Å². The predicted molar refractivity (Wildman–Crippen MR) is 76.5 cm³/mol. The third-order valence-corrected chi connectivity index (χ3v) is 5.87. The lowest BCUT2D eigenvalue weighted by atomic mass is 9.96. The quantitative estimate of drug-likeness (QED) is 0.865. The minimum Gasteiger partial charge on any atom is -0.207 e. The first-order valence-corrected chi connectivity index (χ1v) is 8.62. The highest BCUT2D eigenvalue weighted by Crippen LogP contribution is 2.26. The number of hydrogen-bond acceptors (Lipinski definition) is 2. The molecule has 0 aliphatic heterocycles. The molecule has 3 nitrogen and oxygen atoms in total. The van der Waals surface area contributed by atoms with Crippen molar-refractivity contribution in [2.45, 2.75) is 48.4 Å². The second kappa shape index (κ2) is 5.72. The monoisotopic (exact) mass is 331 g/mol. The summed E-state index contributed by atoms with van der Waals surface area (Å²) in [6, 6.07) is 7.02. The maximum Gasteiger partial charge on any atom is 0.240 e. The Morgan fingerprint density at radius 3 is 2.67 bits per heavy atom. The fourth-order valence-electron chi connectivity index (χ4n) is 2.27. The molecule has 1 aromatic carbocycles. The lowest BCUT2D eigenvalue weighted by Gasteiger charge is -2.27. The van der Waals surface area contributed by atoms with E-state index in [1.54, 1.807) is 18.2 Å². The minimum atomic E-state index is -3.40. The Morgan fingerprint density at radius 2 is 2.00 bits per heavy atom. The van der Waals surface area contributed by atoms with E-state index in [1.165, 1.54) is 6.42 Å². The second-order valence-electron chi connectivity index (χ2n) is 4.84. The van der Waals surface area contributed by atoms with Crippen molar-refractivity contribution in [2.75, 3.05) is 0 Å². The number of hydrogen-bond donors (Lipinski definition) is 1. The fraction of sp³-hybridized carbons (Fsp3) is 0.538. The van der Waals surface area contributed by atoms with E-state index in [1.807, 2.05) is 13.0 Å². The molecule has 1 aliphatic rings. The second-order valence-corrected chi connectivity index (χ2v) is 7.73. The van der Waals surface area contributed by atoms with E-state index in [0.29, 0.717) is 4.90 Å². The van der Waals surface area contributed by atoms with E-state index in [-0.39, 0.29) is 10.9 Å². The molecule has 18 heavy (non-hydrogen) atoms. The van der Waals surface area contributed by atoms with E-state index in [4.69, 9.17) is 0 Å². The molecule has 0 saturated heterocycles. The van der Waals surface area contributed by atoms with E-state index in [0.717, 1.165) is 24.8 Å². The third-order valence-electron chi connectivity index (χ3n) is 3.29. The summed E-state index contributed by atoms with van der Waals surface area (Å²) in [6.45, 7) is 1.90. The van der Waals surface area contributed by atoms with Crippen LogP contribution in [0.5, 0.6) is 0 Å². The average molecular weight is 332 g/mol. The number of aryl methyl sites for hydroxylation is 1. The highest BCUT2D eigenvalue weighted by molar-refractivity contribution is 9.09. The van der Waals surface area contributed by atoms with Crippen LogP contribution in [0.4, 0.5) is 0 Å². The number of alkyl halides is 1. The first kappa shape index (κ1) is 14.0. The molecule has 0 spiro atoms. The van der Waals surface area contributed by atoms with Crippen LogP contribution in [0.3, 0.4) is 0 Å². The number of benzene rings is 1. The van der Waals surface area contributed by atoms with Crippen LogP contribution in [0.1, 0.15) is 31.2 Å². The summed E-state index contributed by atoms with van der Waals surface area (Å²) in [5, 5.41) is 0. The Morgan fingerprint density at radius 1 is 1.28 bits per heavy atom. The molecule has 0 radical (unpaired) electrons. The molecule has 2 atom stereocenters. The molecule has 0 aromatic heterocycles. The summed E-state index contributed by atoms with van der Waals surface area (Å²) < 4.78 is 27.3. The van der Waals surface area contributed by atoms with Gasteiger partial charge in [-0.25, -0.2) is 13.1 Å². The lowest BCUT2D eigenvalue weighted by molar-refractivity contribution is 0.427. The van der Waals surface area contributed by atoms with E-state index < -0.39 is 10.0 Å². The van der Waals surface area contributed by atoms with Crippen LogP contribution in [0.15, 0.2) is 29.2 Å². The maximum atomic E-state index is 12.3. The van der Waals surface area contributed by atoms with Crippen LogP contribution in [-0.2, 0) is 10.0 Å². The van der Waals surface area contributed by atoms with Crippen LogP contribution in [0, 0.1) is 6.92 Å². The van der Waals surface area contributed by atoms with Gasteiger partial charge >= 0.3 is 0 Å². The molecule has 2 rings (SSSR count). The Balaban J connectivity index is 2.16. The lowest BCUT2D eigenvalue weighted by Crippen LogP contribution is -2.42. The van der Waals surface area contributed by atoms with Crippen molar-refractivity contribution in [3.05, 3.63) is 29.8 Å². The summed E-state index contributed by atoms with van der Waals surface area (Å²) in [4.78, 5) is 0.596. The topological polar surface area (TPSA) is 46.2 Å². The standard InChI is InChI=1S/C13H18BrNO2S/c1-10-5-4-6-11(9-10)18(16,17)15-13-8-3-2-7-12(13)14/h4-6,9,12-13,15H,2-3,7-8H2,1H3. The molecule has 0 heterocycles. The molecule has 1 fully saturated rings. The van der Waals surface area contributed by atoms with Gasteiger partial charge < -0.3 is 0 Å². The van der Waals surface area contributed by atoms with Gasteiger partial charge in [0.2, 0.25) is 10.0 Å². The molecule has 5 heteroatoms. The molecule has 1 N–H and O–H groups in total. The Bertz CT molecular complexity index is 515. The molecular formula is C13H18BrNO2S. The zero-order valence-corrected chi connectivity index (χ0v) is 12.8. The van der Waals surface area contributed by atoms with Gasteiger partial charge in [0, 0.05) is 10.9 Å². The van der Waals surface area contributed by atoms with Gasteiger partial charge in [-0.15, -0.1) is 0 Å². The minimum absolute atomic E-state index is 0.00395. The molecule has 0 amide bonds. The average Bonchev–Trinajstić information content (AvgIpc) is 2.32. The number of rotatable bonds is 3. The Kier molecular flexibility index (Phi) is 4.45. The maximum absolute atomic E-state index is 12.3. The predicted octanol–water partition coefficient (Wildman–Crippen LogP) is 2.98. The van der Waals surface area contributed by atoms with Crippen LogP contribution >= 0.6 is 15.9 Å². The van der Waals surface area contributed by atoms with E-state index in [9.17, 15) is 8.42 Å². The normalized spacial score (nSPS) is 25.0. The molecule has 1 saturated carbocycles. The van der Waals surface area contributed by atoms with Crippen molar-refractivity contribution in [3.63, 3.8) is 0 Å². The first-order valence-electron chi connectivity index (χ1n) is 6.22. The third kappa shape index (κ3) is 3.33. The van der Waals surface area contributed by atoms with Gasteiger partial charge in [0.25, 0.3) is 0 Å². The molecule has 1 aromatic rings. The first-order chi connectivity index (χ1) is 8.49. The van der Waals surface area contributed by atoms with Gasteiger partial charge in [0.05, 0.1) is 4.90 Å². The smallest absolute Gasteiger partial charge is 0.207 e. The van der Waals surface area contributed by atoms with Gasteiger partial charge in [0.1, 0.15) is 0 Å². The van der Waals surface area contributed by atoms with Crippen molar-refractivity contribution < 1.29 is 8.42 Å². The Hall–Kier alpha value is -0.390. The summed E-state index contributed by atoms with van der Waals surface area (Å²) in [6.07, 6.45) is 4.18.